The molecular formula is C15H17N5O3S2. The summed E-state index contributed by atoms with van der Waals surface area (Å²) < 4.78 is 31.6. The Hall–Kier alpha value is -2.30. The Morgan fingerprint density at radius 1 is 1.32 bits per heavy atom. The van der Waals surface area contributed by atoms with E-state index in [2.05, 4.69) is 20.4 Å². The number of anilines is 1. The van der Waals surface area contributed by atoms with E-state index in [4.69, 9.17) is 4.52 Å². The summed E-state index contributed by atoms with van der Waals surface area (Å²) in [6, 6.07) is 6.90. The molecule has 0 fully saturated rings. The average molecular weight is 379 g/mol. The third-order valence-electron chi connectivity index (χ3n) is 3.44. The van der Waals surface area contributed by atoms with Crippen LogP contribution >= 0.6 is 11.3 Å². The van der Waals surface area contributed by atoms with E-state index in [-0.39, 0.29) is 0 Å². The van der Waals surface area contributed by atoms with Gasteiger partial charge < -0.3 is 9.84 Å². The molecule has 3 aromatic rings. The molecule has 0 saturated heterocycles. The standard InChI is InChI=1S/C15H17N5O3S2/c1-11-18-15(23-19-11)12-5-3-7-16-14(12)17-8-9-20(2)25(21,22)13-6-4-10-24-13/h3-7,10H,8-9H2,1-2H3,(H,16,17). The molecule has 25 heavy (non-hydrogen) atoms. The summed E-state index contributed by atoms with van der Waals surface area (Å²) >= 11 is 1.20. The molecular weight excluding hydrogens is 362 g/mol. The van der Waals surface area contributed by atoms with Crippen molar-refractivity contribution in [2.45, 2.75) is 11.1 Å². The van der Waals surface area contributed by atoms with Gasteiger partial charge in [0.05, 0.1) is 5.56 Å². The number of rotatable bonds is 7. The molecule has 0 saturated carbocycles. The van der Waals surface area contributed by atoms with E-state index in [1.165, 1.54) is 15.6 Å². The number of thiophene rings is 1. The van der Waals surface area contributed by atoms with Gasteiger partial charge in [0, 0.05) is 26.3 Å². The maximum atomic E-state index is 12.4. The summed E-state index contributed by atoms with van der Waals surface area (Å²) in [6.07, 6.45) is 1.64. The summed E-state index contributed by atoms with van der Waals surface area (Å²) in [5, 5.41) is 8.64. The molecule has 3 heterocycles. The van der Waals surface area contributed by atoms with Crippen molar-refractivity contribution < 1.29 is 12.9 Å². The van der Waals surface area contributed by atoms with Gasteiger partial charge in [0.1, 0.15) is 10.0 Å². The number of pyridine rings is 1. The molecule has 0 spiro atoms. The number of aromatic nitrogens is 3. The highest BCUT2D eigenvalue weighted by atomic mass is 32.2. The van der Waals surface area contributed by atoms with Crippen molar-refractivity contribution in [3.05, 3.63) is 41.7 Å². The minimum absolute atomic E-state index is 0.291. The number of likely N-dealkylation sites (N-methyl/N-ethyl adjacent to an activating group) is 1. The van der Waals surface area contributed by atoms with Crippen LogP contribution in [0.4, 0.5) is 5.82 Å². The molecule has 0 atom stereocenters. The van der Waals surface area contributed by atoms with Crippen LogP contribution in [0.2, 0.25) is 0 Å². The molecule has 0 aromatic carbocycles. The second kappa shape index (κ2) is 7.30. The van der Waals surface area contributed by atoms with E-state index < -0.39 is 10.0 Å². The Morgan fingerprint density at radius 2 is 2.16 bits per heavy atom. The van der Waals surface area contributed by atoms with Crippen molar-refractivity contribution in [2.24, 2.45) is 0 Å². The lowest BCUT2D eigenvalue weighted by atomic mass is 10.2. The number of hydrogen-bond acceptors (Lipinski definition) is 8. The van der Waals surface area contributed by atoms with Crippen molar-refractivity contribution in [2.75, 3.05) is 25.5 Å². The first-order chi connectivity index (χ1) is 12.0. The van der Waals surface area contributed by atoms with Crippen molar-refractivity contribution in [3.8, 4) is 11.5 Å². The molecule has 0 unspecified atom stereocenters. The fourth-order valence-electron chi connectivity index (χ4n) is 2.14. The first-order valence-electron chi connectivity index (χ1n) is 7.48. The second-order valence-corrected chi connectivity index (χ2v) is 8.45. The van der Waals surface area contributed by atoms with Crippen LogP contribution in [0.5, 0.6) is 0 Å². The monoisotopic (exact) mass is 379 g/mol. The van der Waals surface area contributed by atoms with Gasteiger partial charge in [0.2, 0.25) is 0 Å². The van der Waals surface area contributed by atoms with E-state index >= 15 is 0 Å². The van der Waals surface area contributed by atoms with Gasteiger partial charge in [-0.1, -0.05) is 11.2 Å². The lowest BCUT2D eigenvalue weighted by molar-refractivity contribution is 0.425. The fourth-order valence-corrected chi connectivity index (χ4v) is 4.51. The number of nitrogens with zero attached hydrogens (tertiary/aromatic N) is 4. The number of hydrogen-bond donors (Lipinski definition) is 1. The van der Waals surface area contributed by atoms with E-state index in [0.29, 0.717) is 40.4 Å². The van der Waals surface area contributed by atoms with Crippen molar-refractivity contribution in [3.63, 3.8) is 0 Å². The van der Waals surface area contributed by atoms with Crippen LogP contribution in [-0.4, -0.2) is 48.0 Å². The Labute approximate surface area is 149 Å². The lowest BCUT2D eigenvalue weighted by Gasteiger charge is -2.17. The molecule has 3 aromatic heterocycles. The van der Waals surface area contributed by atoms with Crippen LogP contribution in [0.1, 0.15) is 5.82 Å². The molecule has 10 heteroatoms. The van der Waals surface area contributed by atoms with Crippen LogP contribution in [0.25, 0.3) is 11.5 Å². The number of nitrogens with one attached hydrogen (secondary N) is 1. The molecule has 3 rings (SSSR count). The molecule has 0 aliphatic heterocycles. The summed E-state index contributed by atoms with van der Waals surface area (Å²) in [5.41, 5.74) is 0.673. The highest BCUT2D eigenvalue weighted by Gasteiger charge is 2.21. The van der Waals surface area contributed by atoms with Crippen LogP contribution in [-0.2, 0) is 10.0 Å². The first kappa shape index (κ1) is 17.5. The van der Waals surface area contributed by atoms with Crippen molar-refractivity contribution in [1.29, 1.82) is 0 Å². The van der Waals surface area contributed by atoms with Gasteiger partial charge in [0.25, 0.3) is 15.9 Å². The zero-order valence-electron chi connectivity index (χ0n) is 13.7. The molecule has 0 bridgehead atoms. The van der Waals surface area contributed by atoms with E-state index in [1.807, 2.05) is 6.07 Å². The Kier molecular flexibility index (Phi) is 5.11. The summed E-state index contributed by atoms with van der Waals surface area (Å²) in [4.78, 5) is 8.46. The van der Waals surface area contributed by atoms with Gasteiger partial charge in [0.15, 0.2) is 5.82 Å². The smallest absolute Gasteiger partial charge is 0.261 e. The first-order valence-corrected chi connectivity index (χ1v) is 9.80. The molecule has 0 amide bonds. The van der Waals surface area contributed by atoms with Crippen molar-refractivity contribution >= 4 is 27.2 Å². The van der Waals surface area contributed by atoms with Crippen molar-refractivity contribution in [1.82, 2.24) is 19.4 Å². The second-order valence-electron chi connectivity index (χ2n) is 5.23. The highest BCUT2D eigenvalue weighted by molar-refractivity contribution is 7.91. The van der Waals surface area contributed by atoms with Gasteiger partial charge in [-0.2, -0.15) is 9.29 Å². The Balaban J connectivity index is 1.67. The van der Waals surface area contributed by atoms with Crippen LogP contribution in [0.3, 0.4) is 0 Å². The summed E-state index contributed by atoms with van der Waals surface area (Å²) in [7, 11) is -1.91. The number of sulfonamides is 1. The van der Waals surface area contributed by atoms with Gasteiger partial charge in [-0.3, -0.25) is 0 Å². The highest BCUT2D eigenvalue weighted by Crippen LogP contribution is 2.24. The van der Waals surface area contributed by atoms with Gasteiger partial charge >= 0.3 is 0 Å². The zero-order valence-corrected chi connectivity index (χ0v) is 15.3. The van der Waals surface area contributed by atoms with Crippen LogP contribution < -0.4 is 5.32 Å². The van der Waals surface area contributed by atoms with Gasteiger partial charge in [-0.05, 0) is 30.5 Å². The predicted octanol–water partition coefficient (Wildman–Crippen LogP) is 2.23. The largest absolute Gasteiger partial charge is 0.368 e. The third-order valence-corrected chi connectivity index (χ3v) is 6.67. The average Bonchev–Trinajstić information content (AvgIpc) is 3.27. The summed E-state index contributed by atoms with van der Waals surface area (Å²) in [6.45, 7) is 2.41. The van der Waals surface area contributed by atoms with Crippen LogP contribution in [0, 0.1) is 6.92 Å². The normalized spacial score (nSPS) is 11.8. The lowest BCUT2D eigenvalue weighted by Crippen LogP contribution is -2.31. The van der Waals surface area contributed by atoms with Gasteiger partial charge in [-0.25, -0.2) is 13.4 Å². The van der Waals surface area contributed by atoms with E-state index in [9.17, 15) is 8.42 Å². The van der Waals surface area contributed by atoms with Gasteiger partial charge in [-0.15, -0.1) is 11.3 Å². The minimum atomic E-state index is -3.46. The zero-order chi connectivity index (χ0) is 17.9. The minimum Gasteiger partial charge on any atom is -0.368 e. The fraction of sp³-hybridized carbons (Fsp3) is 0.267. The molecule has 1 N–H and O–H groups in total. The van der Waals surface area contributed by atoms with Crippen LogP contribution in [0.15, 0.2) is 44.6 Å². The third kappa shape index (κ3) is 3.86. The summed E-state index contributed by atoms with van der Waals surface area (Å²) in [5.74, 6) is 1.47. The molecule has 0 aliphatic carbocycles. The SMILES string of the molecule is Cc1noc(-c2cccnc2NCCN(C)S(=O)(=O)c2cccs2)n1. The quantitative estimate of drug-likeness (QED) is 0.672. The Morgan fingerprint density at radius 3 is 2.84 bits per heavy atom. The molecule has 8 nitrogen and oxygen atoms in total. The topological polar surface area (TPSA) is 101 Å². The maximum absolute atomic E-state index is 12.4. The van der Waals surface area contributed by atoms with E-state index in [0.717, 1.165) is 0 Å². The molecule has 0 radical (unpaired) electrons. The van der Waals surface area contributed by atoms with E-state index in [1.54, 1.807) is 43.7 Å². The Bertz CT molecular complexity index is 938. The number of aryl methyl sites for hydroxylation is 1. The predicted molar refractivity (Wildman–Crippen MR) is 94.9 cm³/mol. The molecule has 132 valence electrons. The molecule has 0 aliphatic rings. The maximum Gasteiger partial charge on any atom is 0.261 e.